The summed E-state index contributed by atoms with van der Waals surface area (Å²) in [5, 5.41) is 14.1. The topological polar surface area (TPSA) is 111 Å². The number of thioether (sulfide) groups is 1. The number of nitro groups is 1. The molecule has 0 aliphatic carbocycles. The van der Waals surface area contributed by atoms with E-state index in [1.165, 1.54) is 23.9 Å². The first-order valence-corrected chi connectivity index (χ1v) is 8.94. The highest BCUT2D eigenvalue weighted by molar-refractivity contribution is 7.99. The van der Waals surface area contributed by atoms with Crippen molar-refractivity contribution in [3.63, 3.8) is 0 Å². The minimum Gasteiger partial charge on any atom is -0.325 e. The number of benzene rings is 1. The Hall–Kier alpha value is -3.33. The third-order valence-corrected chi connectivity index (χ3v) is 4.53. The lowest BCUT2D eigenvalue weighted by atomic mass is 10.1. The average molecular weight is 381 g/mol. The number of rotatable bonds is 6. The Bertz CT molecular complexity index is 982. The van der Waals surface area contributed by atoms with Gasteiger partial charge in [0.05, 0.1) is 33.3 Å². The lowest BCUT2D eigenvalue weighted by molar-refractivity contribution is -0.385. The molecule has 1 N–H and O–H groups in total. The van der Waals surface area contributed by atoms with Gasteiger partial charge < -0.3 is 5.32 Å². The highest BCUT2D eigenvalue weighted by Crippen LogP contribution is 2.25. The first-order valence-electron chi connectivity index (χ1n) is 7.95. The van der Waals surface area contributed by atoms with Gasteiger partial charge in [0.2, 0.25) is 5.91 Å². The van der Waals surface area contributed by atoms with Crippen LogP contribution in [0, 0.1) is 17.0 Å². The van der Waals surface area contributed by atoms with E-state index in [0.717, 1.165) is 5.69 Å². The molecule has 2 heterocycles. The standard InChI is InChI=1S/C18H15N5O3S/c1-12-13(6-4-7-16(12)23(25)26)21-17(24)11-27-18-20-10-8-15(22-18)14-5-2-3-9-19-14/h2-10H,11H2,1H3,(H,21,24). The van der Waals surface area contributed by atoms with Crippen LogP contribution in [-0.4, -0.2) is 31.5 Å². The number of anilines is 1. The molecule has 0 fully saturated rings. The second-order valence-electron chi connectivity index (χ2n) is 5.48. The molecule has 0 aliphatic rings. The second-order valence-corrected chi connectivity index (χ2v) is 6.43. The first kappa shape index (κ1) is 18.5. The Labute approximate surface area is 159 Å². The zero-order chi connectivity index (χ0) is 19.2. The minimum atomic E-state index is -0.476. The SMILES string of the molecule is Cc1c(NC(=O)CSc2nccc(-c3ccccn3)n2)cccc1[N+](=O)[O-]. The number of pyridine rings is 1. The number of carbonyl (C=O) groups is 1. The fourth-order valence-electron chi connectivity index (χ4n) is 2.34. The molecule has 0 spiro atoms. The molecule has 0 radical (unpaired) electrons. The summed E-state index contributed by atoms with van der Waals surface area (Å²) < 4.78 is 0. The molecule has 3 rings (SSSR count). The van der Waals surface area contributed by atoms with Gasteiger partial charge in [-0.1, -0.05) is 23.9 Å². The van der Waals surface area contributed by atoms with E-state index in [0.29, 0.717) is 22.1 Å². The lowest BCUT2D eigenvalue weighted by Crippen LogP contribution is -2.15. The van der Waals surface area contributed by atoms with Crippen molar-refractivity contribution in [2.24, 2.45) is 0 Å². The number of amides is 1. The molecule has 0 atom stereocenters. The van der Waals surface area contributed by atoms with Crippen molar-refractivity contribution in [3.05, 3.63) is 70.5 Å². The molecule has 2 aromatic heterocycles. The third kappa shape index (κ3) is 4.64. The van der Waals surface area contributed by atoms with Crippen LogP contribution in [0.4, 0.5) is 11.4 Å². The molecular formula is C18H15N5O3S. The van der Waals surface area contributed by atoms with E-state index < -0.39 is 4.92 Å². The van der Waals surface area contributed by atoms with Crippen molar-refractivity contribution >= 4 is 29.0 Å². The summed E-state index contributed by atoms with van der Waals surface area (Å²) in [4.78, 5) is 35.5. The number of carbonyl (C=O) groups excluding carboxylic acids is 1. The molecule has 0 saturated heterocycles. The number of hydrogen-bond acceptors (Lipinski definition) is 7. The van der Waals surface area contributed by atoms with Crippen LogP contribution in [-0.2, 0) is 4.79 Å². The summed E-state index contributed by atoms with van der Waals surface area (Å²) in [5.74, 6) is -0.219. The van der Waals surface area contributed by atoms with Gasteiger partial charge >= 0.3 is 0 Å². The Morgan fingerprint density at radius 1 is 1.11 bits per heavy atom. The molecule has 136 valence electrons. The Morgan fingerprint density at radius 3 is 2.70 bits per heavy atom. The van der Waals surface area contributed by atoms with Gasteiger partial charge in [0.25, 0.3) is 5.69 Å². The molecule has 1 aromatic carbocycles. The highest BCUT2D eigenvalue weighted by Gasteiger charge is 2.15. The number of aromatic nitrogens is 3. The maximum atomic E-state index is 12.2. The van der Waals surface area contributed by atoms with Crippen LogP contribution in [0.25, 0.3) is 11.4 Å². The van der Waals surface area contributed by atoms with Crippen molar-refractivity contribution in [2.45, 2.75) is 12.1 Å². The van der Waals surface area contributed by atoms with Crippen LogP contribution < -0.4 is 5.32 Å². The zero-order valence-corrected chi connectivity index (χ0v) is 15.1. The van der Waals surface area contributed by atoms with Gasteiger partial charge in [-0.25, -0.2) is 9.97 Å². The van der Waals surface area contributed by atoms with E-state index in [-0.39, 0.29) is 17.3 Å². The fraction of sp³-hybridized carbons (Fsp3) is 0.111. The molecule has 0 aliphatic heterocycles. The molecule has 0 bridgehead atoms. The van der Waals surface area contributed by atoms with Gasteiger partial charge in [-0.3, -0.25) is 19.9 Å². The van der Waals surface area contributed by atoms with Gasteiger partial charge in [-0.2, -0.15) is 0 Å². The van der Waals surface area contributed by atoms with E-state index >= 15 is 0 Å². The fourth-order valence-corrected chi connectivity index (χ4v) is 2.97. The van der Waals surface area contributed by atoms with Crippen LogP contribution >= 0.6 is 11.8 Å². The summed E-state index contributed by atoms with van der Waals surface area (Å²) in [7, 11) is 0. The Morgan fingerprint density at radius 2 is 1.96 bits per heavy atom. The second kappa shape index (κ2) is 8.37. The Kier molecular flexibility index (Phi) is 5.72. The monoisotopic (exact) mass is 381 g/mol. The molecule has 0 unspecified atom stereocenters. The lowest BCUT2D eigenvalue weighted by Gasteiger charge is -2.08. The predicted molar refractivity (Wildman–Crippen MR) is 102 cm³/mol. The van der Waals surface area contributed by atoms with E-state index in [4.69, 9.17) is 0 Å². The molecule has 8 nitrogen and oxygen atoms in total. The van der Waals surface area contributed by atoms with Crippen molar-refractivity contribution in [1.82, 2.24) is 15.0 Å². The molecule has 1 amide bonds. The van der Waals surface area contributed by atoms with Crippen molar-refractivity contribution in [1.29, 1.82) is 0 Å². The first-order chi connectivity index (χ1) is 13.0. The summed E-state index contributed by atoms with van der Waals surface area (Å²) in [5.41, 5.74) is 2.18. The summed E-state index contributed by atoms with van der Waals surface area (Å²) in [6.07, 6.45) is 3.29. The molecule has 27 heavy (non-hydrogen) atoms. The number of hydrogen-bond donors (Lipinski definition) is 1. The van der Waals surface area contributed by atoms with E-state index in [1.807, 2.05) is 18.2 Å². The van der Waals surface area contributed by atoms with Crippen LogP contribution in [0.1, 0.15) is 5.56 Å². The quantitative estimate of drug-likeness (QED) is 0.301. The number of nitro benzene ring substituents is 1. The number of nitrogens with one attached hydrogen (secondary N) is 1. The maximum Gasteiger partial charge on any atom is 0.274 e. The maximum absolute atomic E-state index is 12.2. The summed E-state index contributed by atoms with van der Waals surface area (Å²) >= 11 is 1.18. The van der Waals surface area contributed by atoms with Crippen molar-refractivity contribution in [2.75, 3.05) is 11.1 Å². The third-order valence-electron chi connectivity index (χ3n) is 3.67. The molecule has 9 heteroatoms. The molecule has 0 saturated carbocycles. The van der Waals surface area contributed by atoms with Crippen molar-refractivity contribution < 1.29 is 9.72 Å². The van der Waals surface area contributed by atoms with Crippen LogP contribution in [0.5, 0.6) is 0 Å². The average Bonchev–Trinajstić information content (AvgIpc) is 2.69. The molecular weight excluding hydrogens is 366 g/mol. The zero-order valence-electron chi connectivity index (χ0n) is 14.3. The number of nitrogens with zero attached hydrogens (tertiary/aromatic N) is 4. The van der Waals surface area contributed by atoms with Gasteiger partial charge in [0.1, 0.15) is 0 Å². The van der Waals surface area contributed by atoms with E-state index in [1.54, 1.807) is 31.5 Å². The van der Waals surface area contributed by atoms with Gasteiger partial charge in [0.15, 0.2) is 5.16 Å². The normalized spacial score (nSPS) is 10.4. The van der Waals surface area contributed by atoms with Crippen LogP contribution in [0.3, 0.4) is 0 Å². The Balaban J connectivity index is 1.65. The van der Waals surface area contributed by atoms with E-state index in [9.17, 15) is 14.9 Å². The summed E-state index contributed by atoms with van der Waals surface area (Å²) in [6, 6.07) is 11.8. The van der Waals surface area contributed by atoms with Crippen LogP contribution in [0.15, 0.2) is 60.0 Å². The van der Waals surface area contributed by atoms with Crippen molar-refractivity contribution in [3.8, 4) is 11.4 Å². The minimum absolute atomic E-state index is 0.0353. The van der Waals surface area contributed by atoms with Gasteiger partial charge in [0, 0.05) is 18.5 Å². The van der Waals surface area contributed by atoms with Gasteiger partial charge in [-0.05, 0) is 31.2 Å². The highest BCUT2D eigenvalue weighted by atomic mass is 32.2. The van der Waals surface area contributed by atoms with E-state index in [2.05, 4.69) is 20.3 Å². The van der Waals surface area contributed by atoms with Crippen LogP contribution in [0.2, 0.25) is 0 Å². The molecule has 3 aromatic rings. The summed E-state index contributed by atoms with van der Waals surface area (Å²) in [6.45, 7) is 1.60. The van der Waals surface area contributed by atoms with Gasteiger partial charge in [-0.15, -0.1) is 0 Å². The largest absolute Gasteiger partial charge is 0.325 e. The predicted octanol–water partition coefficient (Wildman–Crippen LogP) is 3.49. The smallest absolute Gasteiger partial charge is 0.274 e.